The van der Waals surface area contributed by atoms with Crippen LogP contribution in [0.3, 0.4) is 0 Å². The molecule has 1 aromatic carbocycles. The van der Waals surface area contributed by atoms with Gasteiger partial charge in [0.15, 0.2) is 0 Å². The van der Waals surface area contributed by atoms with Crippen molar-refractivity contribution >= 4 is 11.6 Å². The second-order valence-electron chi connectivity index (χ2n) is 5.00. The standard InChI is InChI=1S/C14H19ClO5/c15-9-4-2-1-3-8(9)5-6-10-12(17)14(19)13(18)11(7-16)20-10/h1-4,10-14,16-19H,5-7H2/t10-,11+,12-,13+,14+/m0/s1. The number of aryl methyl sites for hydroxylation is 1. The van der Waals surface area contributed by atoms with Crippen molar-refractivity contribution in [1.29, 1.82) is 0 Å². The molecule has 112 valence electrons. The molecule has 0 aliphatic carbocycles. The summed E-state index contributed by atoms with van der Waals surface area (Å²) in [7, 11) is 0. The third-order valence-electron chi connectivity index (χ3n) is 3.65. The molecule has 0 unspecified atom stereocenters. The molecule has 1 fully saturated rings. The Labute approximate surface area is 122 Å². The molecule has 5 nitrogen and oxygen atoms in total. The molecule has 1 heterocycles. The first-order valence-electron chi connectivity index (χ1n) is 6.58. The van der Waals surface area contributed by atoms with Crippen LogP contribution in [0.4, 0.5) is 0 Å². The number of hydrogen-bond donors (Lipinski definition) is 4. The lowest BCUT2D eigenvalue weighted by Gasteiger charge is -2.40. The third kappa shape index (κ3) is 3.31. The van der Waals surface area contributed by atoms with Crippen LogP contribution in [-0.2, 0) is 11.2 Å². The molecule has 1 saturated heterocycles. The molecule has 0 radical (unpaired) electrons. The molecule has 0 amide bonds. The Hall–Kier alpha value is -0.690. The number of hydrogen-bond acceptors (Lipinski definition) is 5. The zero-order valence-electron chi connectivity index (χ0n) is 10.9. The highest BCUT2D eigenvalue weighted by Crippen LogP contribution is 2.25. The Morgan fingerprint density at radius 3 is 2.30 bits per heavy atom. The fourth-order valence-electron chi connectivity index (χ4n) is 2.42. The van der Waals surface area contributed by atoms with Crippen molar-refractivity contribution in [2.75, 3.05) is 6.61 Å². The summed E-state index contributed by atoms with van der Waals surface area (Å²) < 4.78 is 5.44. The van der Waals surface area contributed by atoms with Gasteiger partial charge in [-0.1, -0.05) is 29.8 Å². The van der Waals surface area contributed by atoms with E-state index >= 15 is 0 Å². The summed E-state index contributed by atoms with van der Waals surface area (Å²) in [5.74, 6) is 0. The highest BCUT2D eigenvalue weighted by Gasteiger charge is 2.42. The van der Waals surface area contributed by atoms with Crippen molar-refractivity contribution in [2.24, 2.45) is 0 Å². The number of aliphatic hydroxyl groups is 4. The van der Waals surface area contributed by atoms with Crippen LogP contribution in [0.25, 0.3) is 0 Å². The van der Waals surface area contributed by atoms with Crippen molar-refractivity contribution in [2.45, 2.75) is 43.4 Å². The second kappa shape index (κ2) is 6.85. The van der Waals surface area contributed by atoms with Gasteiger partial charge in [0, 0.05) is 5.02 Å². The summed E-state index contributed by atoms with van der Waals surface area (Å²) in [5, 5.41) is 39.1. The van der Waals surface area contributed by atoms with E-state index < -0.39 is 37.1 Å². The van der Waals surface area contributed by atoms with Gasteiger partial charge in [0.25, 0.3) is 0 Å². The van der Waals surface area contributed by atoms with Crippen molar-refractivity contribution in [3.63, 3.8) is 0 Å². The molecule has 1 aromatic rings. The van der Waals surface area contributed by atoms with E-state index in [1.165, 1.54) is 0 Å². The first kappa shape index (κ1) is 15.7. The minimum atomic E-state index is -1.32. The first-order valence-corrected chi connectivity index (χ1v) is 6.96. The molecule has 2 rings (SSSR count). The lowest BCUT2D eigenvalue weighted by Crippen LogP contribution is -2.58. The van der Waals surface area contributed by atoms with Gasteiger partial charge in [-0.15, -0.1) is 0 Å². The van der Waals surface area contributed by atoms with Gasteiger partial charge in [0.05, 0.1) is 12.7 Å². The van der Waals surface area contributed by atoms with E-state index in [4.69, 9.17) is 21.4 Å². The smallest absolute Gasteiger partial charge is 0.111 e. The van der Waals surface area contributed by atoms with Gasteiger partial charge in [0.2, 0.25) is 0 Å². The van der Waals surface area contributed by atoms with Gasteiger partial charge in [-0.3, -0.25) is 0 Å². The number of rotatable bonds is 4. The Morgan fingerprint density at radius 1 is 1.00 bits per heavy atom. The SMILES string of the molecule is OC[C@H]1O[C@@H](CCc2ccccc2Cl)[C@H](O)[C@@H](O)[C@@H]1O. The molecule has 0 saturated carbocycles. The van der Waals surface area contributed by atoms with Crippen LogP contribution in [-0.4, -0.2) is 57.6 Å². The lowest BCUT2D eigenvalue weighted by atomic mass is 9.92. The number of halogens is 1. The minimum Gasteiger partial charge on any atom is -0.394 e. The van der Waals surface area contributed by atoms with Crippen LogP contribution < -0.4 is 0 Å². The molecule has 20 heavy (non-hydrogen) atoms. The van der Waals surface area contributed by atoms with E-state index in [0.717, 1.165) is 5.56 Å². The van der Waals surface area contributed by atoms with E-state index in [2.05, 4.69) is 0 Å². The minimum absolute atomic E-state index is 0.409. The van der Waals surface area contributed by atoms with Crippen molar-refractivity contribution < 1.29 is 25.2 Å². The molecular weight excluding hydrogens is 284 g/mol. The van der Waals surface area contributed by atoms with Crippen LogP contribution in [0.15, 0.2) is 24.3 Å². The predicted molar refractivity (Wildman–Crippen MR) is 73.5 cm³/mol. The summed E-state index contributed by atoms with van der Waals surface area (Å²) in [6, 6.07) is 7.37. The summed E-state index contributed by atoms with van der Waals surface area (Å²) in [6.07, 6.45) is -4.32. The van der Waals surface area contributed by atoms with Gasteiger partial charge in [-0.2, -0.15) is 0 Å². The molecule has 0 spiro atoms. The monoisotopic (exact) mass is 302 g/mol. The van der Waals surface area contributed by atoms with Gasteiger partial charge in [0.1, 0.15) is 24.4 Å². The molecule has 0 aromatic heterocycles. The number of ether oxygens (including phenoxy) is 1. The van der Waals surface area contributed by atoms with Gasteiger partial charge < -0.3 is 25.2 Å². The van der Waals surface area contributed by atoms with E-state index in [1.54, 1.807) is 6.07 Å². The fourth-order valence-corrected chi connectivity index (χ4v) is 2.65. The fraction of sp³-hybridized carbons (Fsp3) is 0.571. The number of benzene rings is 1. The molecular formula is C14H19ClO5. The maximum absolute atomic E-state index is 9.92. The summed E-state index contributed by atoms with van der Waals surface area (Å²) in [6.45, 7) is -0.409. The largest absolute Gasteiger partial charge is 0.394 e. The highest BCUT2D eigenvalue weighted by atomic mass is 35.5. The van der Waals surface area contributed by atoms with Crippen molar-refractivity contribution in [3.05, 3.63) is 34.9 Å². The van der Waals surface area contributed by atoms with Crippen molar-refractivity contribution in [3.8, 4) is 0 Å². The molecule has 0 bridgehead atoms. The Bertz CT molecular complexity index is 439. The Morgan fingerprint density at radius 2 is 1.65 bits per heavy atom. The zero-order valence-corrected chi connectivity index (χ0v) is 11.6. The van der Waals surface area contributed by atoms with Crippen LogP contribution >= 0.6 is 11.6 Å². The topological polar surface area (TPSA) is 90.2 Å². The van der Waals surface area contributed by atoms with E-state index in [-0.39, 0.29) is 0 Å². The van der Waals surface area contributed by atoms with Crippen LogP contribution in [0.5, 0.6) is 0 Å². The zero-order chi connectivity index (χ0) is 14.7. The van der Waals surface area contributed by atoms with Crippen molar-refractivity contribution in [1.82, 2.24) is 0 Å². The van der Waals surface area contributed by atoms with Crippen LogP contribution in [0, 0.1) is 0 Å². The van der Waals surface area contributed by atoms with E-state index in [9.17, 15) is 15.3 Å². The lowest BCUT2D eigenvalue weighted by molar-refractivity contribution is -0.230. The second-order valence-corrected chi connectivity index (χ2v) is 5.40. The quantitative estimate of drug-likeness (QED) is 0.634. The third-order valence-corrected chi connectivity index (χ3v) is 4.02. The highest BCUT2D eigenvalue weighted by molar-refractivity contribution is 6.31. The Balaban J connectivity index is 2.00. The molecule has 5 atom stereocenters. The predicted octanol–water partition coefficient (Wildman–Crippen LogP) is 0.115. The number of aliphatic hydroxyl groups excluding tert-OH is 4. The molecule has 6 heteroatoms. The summed E-state index contributed by atoms with van der Waals surface area (Å²) in [5.41, 5.74) is 0.922. The van der Waals surface area contributed by atoms with Gasteiger partial charge >= 0.3 is 0 Å². The molecule has 4 N–H and O–H groups in total. The van der Waals surface area contributed by atoms with Crippen LogP contribution in [0.1, 0.15) is 12.0 Å². The van der Waals surface area contributed by atoms with Gasteiger partial charge in [-0.25, -0.2) is 0 Å². The van der Waals surface area contributed by atoms with E-state index in [0.29, 0.717) is 17.9 Å². The maximum Gasteiger partial charge on any atom is 0.111 e. The summed E-state index contributed by atoms with van der Waals surface area (Å²) >= 11 is 6.05. The van der Waals surface area contributed by atoms with Gasteiger partial charge in [-0.05, 0) is 24.5 Å². The normalized spacial score (nSPS) is 34.1. The first-order chi connectivity index (χ1) is 9.54. The maximum atomic E-state index is 9.92. The molecule has 1 aliphatic heterocycles. The van der Waals surface area contributed by atoms with Crippen LogP contribution in [0.2, 0.25) is 5.02 Å². The average molecular weight is 303 g/mol. The Kier molecular flexibility index (Phi) is 5.37. The average Bonchev–Trinajstić information content (AvgIpc) is 2.46. The summed E-state index contributed by atoms with van der Waals surface area (Å²) in [4.78, 5) is 0. The molecule has 1 aliphatic rings. The van der Waals surface area contributed by atoms with E-state index in [1.807, 2.05) is 18.2 Å².